The zero-order chi connectivity index (χ0) is 22.0. The van der Waals surface area contributed by atoms with Crippen LogP contribution in [-0.2, 0) is 4.79 Å². The molecule has 3 aromatic rings. The highest BCUT2D eigenvalue weighted by molar-refractivity contribution is 6.08. The number of carboxylic acid groups (broad SMARTS) is 1. The van der Waals surface area contributed by atoms with Crippen molar-refractivity contribution in [3.05, 3.63) is 83.2 Å². The summed E-state index contributed by atoms with van der Waals surface area (Å²) in [5.41, 5.74) is 2.55. The summed E-state index contributed by atoms with van der Waals surface area (Å²) in [6.07, 6.45) is 2.99. The maximum Gasteiger partial charge on any atom is 0.352 e. The number of benzene rings is 2. The molecule has 1 atom stereocenters. The van der Waals surface area contributed by atoms with E-state index in [0.717, 1.165) is 11.1 Å². The standard InChI is InChI=1S/C23H22N4O4/c1-3-31-20-11-7-5-9-15(20)19-12-18(23(29)30)25-21-16(13-24-27(19)21)22(28)26-17-10-6-4-8-14(17)2/h4-13,19,25H,3H2,1-2H3,(H,26,28)(H,29,30)/t19-/m1/s1. The van der Waals surface area contributed by atoms with Gasteiger partial charge in [0.2, 0.25) is 0 Å². The fourth-order valence-electron chi connectivity index (χ4n) is 3.52. The average molecular weight is 418 g/mol. The Morgan fingerprint density at radius 2 is 1.94 bits per heavy atom. The fraction of sp³-hybridized carbons (Fsp3) is 0.174. The van der Waals surface area contributed by atoms with Crippen molar-refractivity contribution >= 4 is 23.4 Å². The Morgan fingerprint density at radius 3 is 2.68 bits per heavy atom. The van der Waals surface area contributed by atoms with Gasteiger partial charge in [0.1, 0.15) is 28.9 Å². The summed E-state index contributed by atoms with van der Waals surface area (Å²) in [6.45, 7) is 4.24. The third-order valence-corrected chi connectivity index (χ3v) is 5.04. The second-order valence-electron chi connectivity index (χ2n) is 7.05. The Hall–Kier alpha value is -4.07. The van der Waals surface area contributed by atoms with E-state index in [1.54, 1.807) is 16.8 Å². The summed E-state index contributed by atoms with van der Waals surface area (Å²) in [5, 5.41) is 19.7. The lowest BCUT2D eigenvalue weighted by Crippen LogP contribution is -2.26. The van der Waals surface area contributed by atoms with Crippen molar-refractivity contribution < 1.29 is 19.4 Å². The Morgan fingerprint density at radius 1 is 1.19 bits per heavy atom. The normalized spacial score (nSPS) is 14.8. The van der Waals surface area contributed by atoms with Gasteiger partial charge in [-0.3, -0.25) is 4.79 Å². The third kappa shape index (κ3) is 3.87. The van der Waals surface area contributed by atoms with E-state index in [0.29, 0.717) is 23.9 Å². The van der Waals surface area contributed by atoms with Crippen LogP contribution in [0.25, 0.3) is 0 Å². The lowest BCUT2D eigenvalue weighted by molar-refractivity contribution is -0.132. The van der Waals surface area contributed by atoms with Crippen molar-refractivity contribution in [3.63, 3.8) is 0 Å². The van der Waals surface area contributed by atoms with Crippen LogP contribution in [0.5, 0.6) is 5.75 Å². The minimum atomic E-state index is -1.13. The Labute approximate surface area is 179 Å². The maximum atomic E-state index is 13.0. The smallest absolute Gasteiger partial charge is 0.352 e. The average Bonchev–Trinajstić information content (AvgIpc) is 3.19. The quantitative estimate of drug-likeness (QED) is 0.562. The van der Waals surface area contributed by atoms with E-state index in [-0.39, 0.29) is 17.2 Å². The number of aromatic nitrogens is 2. The molecule has 158 valence electrons. The first kappa shape index (κ1) is 20.2. The lowest BCUT2D eigenvalue weighted by Gasteiger charge is -2.25. The van der Waals surface area contributed by atoms with Crippen LogP contribution in [0, 0.1) is 6.92 Å². The Bertz CT molecular complexity index is 1180. The minimum absolute atomic E-state index is 0.0331. The molecule has 31 heavy (non-hydrogen) atoms. The van der Waals surface area contributed by atoms with Gasteiger partial charge in [0.15, 0.2) is 0 Å². The molecule has 0 unspecified atom stereocenters. The molecule has 1 aliphatic rings. The van der Waals surface area contributed by atoms with Gasteiger partial charge in [-0.15, -0.1) is 0 Å². The highest BCUT2D eigenvalue weighted by Gasteiger charge is 2.30. The number of anilines is 2. The van der Waals surface area contributed by atoms with Crippen molar-refractivity contribution in [2.45, 2.75) is 19.9 Å². The van der Waals surface area contributed by atoms with Crippen molar-refractivity contribution in [1.82, 2.24) is 9.78 Å². The molecule has 2 heterocycles. The summed E-state index contributed by atoms with van der Waals surface area (Å²) in [5.74, 6) is -0.573. The van der Waals surface area contributed by atoms with Crippen molar-refractivity contribution in [1.29, 1.82) is 0 Å². The zero-order valence-corrected chi connectivity index (χ0v) is 17.1. The number of rotatable bonds is 6. The summed E-state index contributed by atoms with van der Waals surface area (Å²) in [4.78, 5) is 24.8. The molecule has 0 aliphatic carbocycles. The van der Waals surface area contributed by atoms with Crippen LogP contribution in [0.4, 0.5) is 11.5 Å². The molecule has 1 aliphatic heterocycles. The highest BCUT2D eigenvalue weighted by Crippen LogP contribution is 2.36. The van der Waals surface area contributed by atoms with Crippen molar-refractivity contribution in [2.75, 3.05) is 17.2 Å². The minimum Gasteiger partial charge on any atom is -0.494 e. The number of amides is 1. The molecule has 3 N–H and O–H groups in total. The van der Waals surface area contributed by atoms with Crippen LogP contribution in [0.2, 0.25) is 0 Å². The van der Waals surface area contributed by atoms with E-state index in [4.69, 9.17) is 4.74 Å². The SMILES string of the molecule is CCOc1ccccc1[C@H]1C=C(C(=O)O)Nc2c(C(=O)Nc3ccccc3C)cnn21. The molecule has 1 amide bonds. The highest BCUT2D eigenvalue weighted by atomic mass is 16.5. The maximum absolute atomic E-state index is 13.0. The van der Waals surface area contributed by atoms with Gasteiger partial charge in [-0.05, 0) is 37.6 Å². The molecule has 0 saturated heterocycles. The number of aliphatic carboxylic acids is 1. The molecule has 0 bridgehead atoms. The van der Waals surface area contributed by atoms with Gasteiger partial charge >= 0.3 is 5.97 Å². The third-order valence-electron chi connectivity index (χ3n) is 5.04. The summed E-state index contributed by atoms with van der Waals surface area (Å²) in [7, 11) is 0. The number of para-hydroxylation sites is 2. The molecule has 0 fully saturated rings. The first-order valence-electron chi connectivity index (χ1n) is 9.88. The molecular weight excluding hydrogens is 396 g/mol. The molecular formula is C23H22N4O4. The van der Waals surface area contributed by atoms with Gasteiger partial charge in [0.25, 0.3) is 5.91 Å². The number of ether oxygens (including phenoxy) is 1. The monoisotopic (exact) mass is 418 g/mol. The van der Waals surface area contributed by atoms with Gasteiger partial charge in [-0.1, -0.05) is 36.4 Å². The van der Waals surface area contributed by atoms with Crippen LogP contribution < -0.4 is 15.4 Å². The van der Waals surface area contributed by atoms with E-state index in [2.05, 4.69) is 15.7 Å². The number of aryl methyl sites for hydroxylation is 1. The van der Waals surface area contributed by atoms with Crippen molar-refractivity contribution in [2.24, 2.45) is 0 Å². The summed E-state index contributed by atoms with van der Waals surface area (Å²) < 4.78 is 7.32. The number of carbonyl (C=O) groups excluding carboxylic acids is 1. The number of fused-ring (bicyclic) bond motifs is 1. The topological polar surface area (TPSA) is 105 Å². The van der Waals surface area contributed by atoms with Crippen LogP contribution >= 0.6 is 0 Å². The van der Waals surface area contributed by atoms with E-state index in [1.807, 2.05) is 56.3 Å². The number of nitrogens with one attached hydrogen (secondary N) is 2. The van der Waals surface area contributed by atoms with Gasteiger partial charge in [-0.2, -0.15) is 5.10 Å². The van der Waals surface area contributed by atoms with Gasteiger partial charge in [0, 0.05) is 11.3 Å². The first-order valence-corrected chi connectivity index (χ1v) is 9.88. The van der Waals surface area contributed by atoms with Gasteiger partial charge < -0.3 is 20.5 Å². The number of nitrogens with zero attached hydrogens (tertiary/aromatic N) is 2. The second kappa shape index (κ2) is 8.35. The van der Waals surface area contributed by atoms with Crippen LogP contribution in [0.15, 0.2) is 66.5 Å². The van der Waals surface area contributed by atoms with Crippen LogP contribution in [0.1, 0.15) is 34.5 Å². The predicted molar refractivity (Wildman–Crippen MR) is 116 cm³/mol. The fourth-order valence-corrected chi connectivity index (χ4v) is 3.52. The Balaban J connectivity index is 1.76. The second-order valence-corrected chi connectivity index (χ2v) is 7.05. The number of carboxylic acids is 1. The largest absolute Gasteiger partial charge is 0.494 e. The van der Waals surface area contributed by atoms with E-state index in [9.17, 15) is 14.7 Å². The van der Waals surface area contributed by atoms with E-state index in [1.165, 1.54) is 6.20 Å². The number of carbonyl (C=O) groups is 2. The predicted octanol–water partition coefficient (Wildman–Crippen LogP) is 3.83. The lowest BCUT2D eigenvalue weighted by atomic mass is 10.0. The van der Waals surface area contributed by atoms with E-state index < -0.39 is 12.0 Å². The molecule has 2 aromatic carbocycles. The molecule has 0 saturated carbocycles. The first-order chi connectivity index (χ1) is 15.0. The van der Waals surface area contributed by atoms with Crippen LogP contribution in [0.3, 0.4) is 0 Å². The van der Waals surface area contributed by atoms with Gasteiger partial charge in [0.05, 0.1) is 12.8 Å². The number of allylic oxidation sites excluding steroid dienone is 1. The summed E-state index contributed by atoms with van der Waals surface area (Å²) >= 11 is 0. The molecule has 8 nitrogen and oxygen atoms in total. The van der Waals surface area contributed by atoms with Crippen molar-refractivity contribution in [3.8, 4) is 5.75 Å². The van der Waals surface area contributed by atoms with E-state index >= 15 is 0 Å². The molecule has 0 radical (unpaired) electrons. The molecule has 0 spiro atoms. The molecule has 4 rings (SSSR count). The number of hydrogen-bond acceptors (Lipinski definition) is 5. The zero-order valence-electron chi connectivity index (χ0n) is 17.1. The molecule has 8 heteroatoms. The number of hydrogen-bond donors (Lipinski definition) is 3. The van der Waals surface area contributed by atoms with Gasteiger partial charge in [-0.25, -0.2) is 9.48 Å². The molecule has 1 aromatic heterocycles. The Kier molecular flexibility index (Phi) is 5.44. The summed E-state index contributed by atoms with van der Waals surface area (Å²) in [6, 6.07) is 14.3. The van der Waals surface area contributed by atoms with Crippen LogP contribution in [-0.4, -0.2) is 33.4 Å².